The maximum absolute atomic E-state index is 13.1. The number of aliphatic hydroxyl groups is 1. The Hall–Kier alpha value is -2.83. The number of piperidine rings is 1. The Balaban J connectivity index is 0.00000324. The van der Waals surface area contributed by atoms with Gasteiger partial charge in [-0.1, -0.05) is 87.0 Å². The van der Waals surface area contributed by atoms with Crippen molar-refractivity contribution in [2.24, 2.45) is 5.41 Å². The number of carbonyl (C=O) groups excluding carboxylic acids is 2. The number of carbonyl (C=O) groups is 2. The molecule has 6 heteroatoms. The van der Waals surface area contributed by atoms with Crippen molar-refractivity contribution in [3.63, 3.8) is 0 Å². The highest BCUT2D eigenvalue weighted by Crippen LogP contribution is 2.38. The molecule has 1 heterocycles. The van der Waals surface area contributed by atoms with Crippen LogP contribution in [-0.2, 0) is 9.59 Å². The second-order valence-electron chi connectivity index (χ2n) is 9.77. The summed E-state index contributed by atoms with van der Waals surface area (Å²) in [5, 5.41) is 12.5. The maximum Gasteiger partial charge on any atom is 0.247 e. The monoisotopic (exact) mass is 478 g/mol. The average molecular weight is 479 g/mol. The molecule has 2 aromatic rings. The molecule has 0 bridgehead atoms. The van der Waals surface area contributed by atoms with Gasteiger partial charge in [0.15, 0.2) is 0 Å². The van der Waals surface area contributed by atoms with Gasteiger partial charge in [0, 0.05) is 18.5 Å². The summed E-state index contributed by atoms with van der Waals surface area (Å²) in [5.74, 6) is -0.462. The number of amides is 2. The van der Waals surface area contributed by atoms with E-state index in [1.807, 2.05) is 0 Å². The smallest absolute Gasteiger partial charge is 0.247 e. The molecule has 1 saturated heterocycles. The number of benzene rings is 2. The maximum atomic E-state index is 13.1. The van der Waals surface area contributed by atoms with Crippen molar-refractivity contribution in [2.75, 3.05) is 19.7 Å². The molecule has 0 radical (unpaired) electrons. The third-order valence-corrected chi connectivity index (χ3v) is 6.40. The number of hydrogen-bond acceptors (Lipinski definition) is 3. The van der Waals surface area contributed by atoms with Crippen molar-refractivity contribution in [1.29, 1.82) is 0 Å². The summed E-state index contributed by atoms with van der Waals surface area (Å²) < 4.78 is 0. The van der Waals surface area contributed by atoms with E-state index in [1.165, 1.54) is 33.4 Å². The van der Waals surface area contributed by atoms with Crippen molar-refractivity contribution >= 4 is 43.0 Å². The molecule has 0 saturated carbocycles. The van der Waals surface area contributed by atoms with E-state index in [-0.39, 0.29) is 25.3 Å². The molecule has 1 aliphatic carbocycles. The lowest BCUT2D eigenvalue weighted by Gasteiger charge is -2.33. The Kier molecular flexibility index (Phi) is 8.05. The largest absolute Gasteiger partial charge is 0.394 e. The van der Waals surface area contributed by atoms with Crippen LogP contribution in [0.3, 0.4) is 0 Å². The van der Waals surface area contributed by atoms with Crippen molar-refractivity contribution in [3.8, 4) is 0 Å². The molecule has 2 amide bonds. The number of fused-ring (bicyclic) bond motifs is 2. The van der Waals surface area contributed by atoms with Gasteiger partial charge in [-0.3, -0.25) is 9.59 Å². The molecule has 0 aromatic heterocycles. The minimum absolute atomic E-state index is 0. The summed E-state index contributed by atoms with van der Waals surface area (Å²) >= 11 is 0. The lowest BCUT2D eigenvalue weighted by Crippen LogP contribution is -2.53. The molecular formula is C28H34N2O3S. The van der Waals surface area contributed by atoms with Gasteiger partial charge < -0.3 is 15.3 Å². The van der Waals surface area contributed by atoms with Crippen LogP contribution in [0.5, 0.6) is 0 Å². The van der Waals surface area contributed by atoms with Gasteiger partial charge in [-0.05, 0) is 40.7 Å². The Morgan fingerprint density at radius 3 is 1.91 bits per heavy atom. The lowest BCUT2D eigenvalue weighted by molar-refractivity contribution is -0.140. The Bertz CT molecular complexity index is 1070. The SMILES string of the molecule is CC(C)(C)C(=O)N[C@@H](CO)C(=O)N1CCC(=C2c3ccccc3C=Cc3ccccc32)CC1.S. The first kappa shape index (κ1) is 25.8. The summed E-state index contributed by atoms with van der Waals surface area (Å²) in [6.45, 7) is 6.10. The van der Waals surface area contributed by atoms with Crippen molar-refractivity contribution < 1.29 is 14.7 Å². The van der Waals surface area contributed by atoms with E-state index >= 15 is 0 Å². The van der Waals surface area contributed by atoms with E-state index < -0.39 is 18.1 Å². The highest BCUT2D eigenvalue weighted by Gasteiger charge is 2.31. The molecule has 1 atom stereocenters. The summed E-state index contributed by atoms with van der Waals surface area (Å²) in [6.07, 6.45) is 5.86. The minimum Gasteiger partial charge on any atom is -0.394 e. The number of aliphatic hydroxyl groups excluding tert-OH is 1. The highest BCUT2D eigenvalue weighted by atomic mass is 32.1. The molecule has 0 unspecified atom stereocenters. The van der Waals surface area contributed by atoms with Gasteiger partial charge in [0.25, 0.3) is 0 Å². The van der Waals surface area contributed by atoms with E-state index in [1.54, 1.807) is 25.7 Å². The molecule has 1 aliphatic heterocycles. The van der Waals surface area contributed by atoms with Crippen LogP contribution in [0.25, 0.3) is 17.7 Å². The van der Waals surface area contributed by atoms with Gasteiger partial charge in [0.2, 0.25) is 11.8 Å². The molecule has 1 fully saturated rings. The van der Waals surface area contributed by atoms with Crippen LogP contribution in [0.4, 0.5) is 0 Å². The molecule has 0 spiro atoms. The first-order chi connectivity index (χ1) is 15.8. The summed E-state index contributed by atoms with van der Waals surface area (Å²) in [5.41, 5.74) is 6.81. The second-order valence-corrected chi connectivity index (χ2v) is 9.77. The van der Waals surface area contributed by atoms with Crippen molar-refractivity contribution in [2.45, 2.75) is 39.7 Å². The first-order valence-electron chi connectivity index (χ1n) is 11.6. The van der Waals surface area contributed by atoms with E-state index in [9.17, 15) is 14.7 Å². The minimum atomic E-state index is -0.908. The molecule has 5 nitrogen and oxygen atoms in total. The molecular weight excluding hydrogens is 444 g/mol. The summed E-state index contributed by atoms with van der Waals surface area (Å²) in [7, 11) is 0. The molecule has 180 valence electrons. The zero-order valence-corrected chi connectivity index (χ0v) is 21.1. The number of hydrogen-bond donors (Lipinski definition) is 2. The fraction of sp³-hybridized carbons (Fsp3) is 0.357. The number of likely N-dealkylation sites (tertiary alicyclic amines) is 1. The fourth-order valence-electron chi connectivity index (χ4n) is 4.47. The van der Waals surface area contributed by atoms with Crippen LogP contribution < -0.4 is 5.32 Å². The molecule has 34 heavy (non-hydrogen) atoms. The topological polar surface area (TPSA) is 69.6 Å². The highest BCUT2D eigenvalue weighted by molar-refractivity contribution is 7.59. The Morgan fingerprint density at radius 1 is 0.941 bits per heavy atom. The van der Waals surface area contributed by atoms with Gasteiger partial charge in [0.1, 0.15) is 6.04 Å². The van der Waals surface area contributed by atoms with Gasteiger partial charge in [-0.15, -0.1) is 0 Å². The van der Waals surface area contributed by atoms with E-state index in [0.29, 0.717) is 13.1 Å². The average Bonchev–Trinajstić information content (AvgIpc) is 2.98. The van der Waals surface area contributed by atoms with Gasteiger partial charge >= 0.3 is 0 Å². The summed E-state index contributed by atoms with van der Waals surface area (Å²) in [4.78, 5) is 27.2. The van der Waals surface area contributed by atoms with Crippen molar-refractivity contribution in [1.82, 2.24) is 10.2 Å². The Morgan fingerprint density at radius 2 is 1.44 bits per heavy atom. The molecule has 2 N–H and O–H groups in total. The van der Waals surface area contributed by atoms with Crippen LogP contribution in [0.15, 0.2) is 54.1 Å². The molecule has 2 aliphatic rings. The molecule has 4 rings (SSSR count). The van der Waals surface area contributed by atoms with Gasteiger partial charge in [-0.2, -0.15) is 13.5 Å². The summed E-state index contributed by atoms with van der Waals surface area (Å²) in [6, 6.07) is 16.0. The van der Waals surface area contributed by atoms with Crippen LogP contribution >= 0.6 is 13.5 Å². The lowest BCUT2D eigenvalue weighted by atomic mass is 9.86. The van der Waals surface area contributed by atoms with Crippen LogP contribution in [0.2, 0.25) is 0 Å². The van der Waals surface area contributed by atoms with Crippen LogP contribution in [0.1, 0.15) is 55.9 Å². The predicted molar refractivity (Wildman–Crippen MR) is 143 cm³/mol. The number of rotatable bonds is 3. The predicted octanol–water partition coefficient (Wildman–Crippen LogP) is 4.23. The van der Waals surface area contributed by atoms with Crippen LogP contribution in [0, 0.1) is 5.41 Å². The van der Waals surface area contributed by atoms with Gasteiger partial charge in [0.05, 0.1) is 6.61 Å². The number of nitrogens with zero attached hydrogens (tertiary/aromatic N) is 1. The van der Waals surface area contributed by atoms with E-state index in [4.69, 9.17) is 0 Å². The van der Waals surface area contributed by atoms with Crippen molar-refractivity contribution in [3.05, 3.63) is 76.4 Å². The quantitative estimate of drug-likeness (QED) is 0.592. The second kappa shape index (κ2) is 10.6. The van der Waals surface area contributed by atoms with Crippen LogP contribution in [-0.4, -0.2) is 47.6 Å². The fourth-order valence-corrected chi connectivity index (χ4v) is 4.47. The van der Waals surface area contributed by atoms with Gasteiger partial charge in [-0.25, -0.2) is 0 Å². The first-order valence-corrected chi connectivity index (χ1v) is 11.6. The standard InChI is InChI=1S/C28H32N2O3.H2S/c1-28(2,3)27(33)29-24(18-31)26(32)30-16-14-21(15-17-30)25-22-10-6-4-8-19(22)12-13-20-9-5-7-11-23(20)25;/h4-13,24,31H,14-18H2,1-3H3,(H,29,33);1H2/t24-;/m0./s1. The normalized spacial score (nSPS) is 16.1. The Labute approximate surface area is 209 Å². The third kappa shape index (κ3) is 5.29. The zero-order valence-electron chi connectivity index (χ0n) is 20.1. The van der Waals surface area contributed by atoms with E-state index in [0.717, 1.165) is 12.8 Å². The molecule has 2 aromatic carbocycles. The number of nitrogens with one attached hydrogen (secondary N) is 1. The third-order valence-electron chi connectivity index (χ3n) is 6.40. The zero-order chi connectivity index (χ0) is 23.6. The van der Waals surface area contributed by atoms with E-state index in [2.05, 4.69) is 66.0 Å².